The maximum atomic E-state index is 12.7. The first kappa shape index (κ1) is 17.2. The Morgan fingerprint density at radius 3 is 2.30 bits per heavy atom. The predicted octanol–water partition coefficient (Wildman–Crippen LogP) is 2.96. The third-order valence-corrected chi connectivity index (χ3v) is 6.05. The van der Waals surface area contributed by atoms with Gasteiger partial charge < -0.3 is 10.1 Å². The van der Waals surface area contributed by atoms with Crippen LogP contribution in [0.4, 0.5) is 0 Å². The minimum absolute atomic E-state index is 0.0609. The Hall–Kier alpha value is -0.610. The van der Waals surface area contributed by atoms with E-state index in [-0.39, 0.29) is 11.9 Å². The van der Waals surface area contributed by atoms with Crippen LogP contribution in [0.3, 0.4) is 0 Å². The Balaban J connectivity index is 1.47. The SMILES string of the molecule is O=C(NCC1CCCCC1)[C@H]1COCCN1CC1CCCCC1. The van der Waals surface area contributed by atoms with Gasteiger partial charge in [-0.05, 0) is 37.5 Å². The zero-order valence-corrected chi connectivity index (χ0v) is 14.6. The van der Waals surface area contributed by atoms with E-state index in [0.29, 0.717) is 12.5 Å². The highest BCUT2D eigenvalue weighted by atomic mass is 16.5. The molecule has 0 bridgehead atoms. The van der Waals surface area contributed by atoms with Crippen LogP contribution in [0.2, 0.25) is 0 Å². The summed E-state index contributed by atoms with van der Waals surface area (Å²) >= 11 is 0. The molecule has 23 heavy (non-hydrogen) atoms. The molecular weight excluding hydrogens is 288 g/mol. The average molecular weight is 322 g/mol. The molecule has 3 fully saturated rings. The zero-order chi connectivity index (χ0) is 15.9. The number of amides is 1. The molecule has 3 aliphatic rings. The minimum Gasteiger partial charge on any atom is -0.378 e. The van der Waals surface area contributed by atoms with E-state index >= 15 is 0 Å². The Bertz CT molecular complexity index is 362. The van der Waals surface area contributed by atoms with Crippen LogP contribution in [-0.4, -0.2) is 49.7 Å². The van der Waals surface area contributed by atoms with Gasteiger partial charge in [0.15, 0.2) is 0 Å². The third-order valence-electron chi connectivity index (χ3n) is 6.05. The van der Waals surface area contributed by atoms with Crippen LogP contribution in [0.5, 0.6) is 0 Å². The van der Waals surface area contributed by atoms with Crippen molar-refractivity contribution in [1.82, 2.24) is 10.2 Å². The maximum Gasteiger partial charge on any atom is 0.239 e. The number of rotatable bonds is 5. The van der Waals surface area contributed by atoms with Crippen LogP contribution in [0.1, 0.15) is 64.2 Å². The number of hydrogen-bond donors (Lipinski definition) is 1. The normalized spacial score (nSPS) is 28.6. The summed E-state index contributed by atoms with van der Waals surface area (Å²) in [6.07, 6.45) is 13.4. The lowest BCUT2D eigenvalue weighted by Gasteiger charge is -2.38. The van der Waals surface area contributed by atoms with E-state index in [2.05, 4.69) is 10.2 Å². The Morgan fingerprint density at radius 2 is 1.61 bits per heavy atom. The first-order chi connectivity index (χ1) is 11.3. The topological polar surface area (TPSA) is 41.6 Å². The maximum absolute atomic E-state index is 12.7. The second-order valence-electron chi connectivity index (χ2n) is 7.84. The van der Waals surface area contributed by atoms with Crippen LogP contribution in [0, 0.1) is 11.8 Å². The number of nitrogens with one attached hydrogen (secondary N) is 1. The van der Waals surface area contributed by atoms with Gasteiger partial charge in [0.1, 0.15) is 6.04 Å². The van der Waals surface area contributed by atoms with Gasteiger partial charge >= 0.3 is 0 Å². The summed E-state index contributed by atoms with van der Waals surface area (Å²) in [6, 6.07) is -0.0609. The fraction of sp³-hybridized carbons (Fsp3) is 0.947. The molecule has 1 atom stereocenters. The molecule has 4 heteroatoms. The van der Waals surface area contributed by atoms with E-state index < -0.39 is 0 Å². The van der Waals surface area contributed by atoms with Crippen molar-refractivity contribution in [3.63, 3.8) is 0 Å². The molecule has 0 aromatic heterocycles. The van der Waals surface area contributed by atoms with E-state index in [4.69, 9.17) is 4.74 Å². The van der Waals surface area contributed by atoms with Gasteiger partial charge in [0.2, 0.25) is 5.91 Å². The van der Waals surface area contributed by atoms with Gasteiger partial charge in [-0.25, -0.2) is 0 Å². The van der Waals surface area contributed by atoms with Crippen molar-refractivity contribution >= 4 is 5.91 Å². The molecule has 0 aromatic rings. The molecule has 132 valence electrons. The van der Waals surface area contributed by atoms with Crippen molar-refractivity contribution < 1.29 is 9.53 Å². The summed E-state index contributed by atoms with van der Waals surface area (Å²) in [6.45, 7) is 4.22. The molecule has 1 heterocycles. The number of nitrogens with zero attached hydrogens (tertiary/aromatic N) is 1. The van der Waals surface area contributed by atoms with Crippen molar-refractivity contribution in [1.29, 1.82) is 0 Å². The van der Waals surface area contributed by atoms with E-state index in [0.717, 1.165) is 32.2 Å². The summed E-state index contributed by atoms with van der Waals surface area (Å²) in [5.74, 6) is 1.69. The van der Waals surface area contributed by atoms with Crippen LogP contribution < -0.4 is 5.32 Å². The van der Waals surface area contributed by atoms with Gasteiger partial charge in [-0.3, -0.25) is 9.69 Å². The third kappa shape index (κ3) is 5.18. The van der Waals surface area contributed by atoms with Crippen LogP contribution in [0.25, 0.3) is 0 Å². The van der Waals surface area contributed by atoms with E-state index in [1.54, 1.807) is 0 Å². The molecule has 0 radical (unpaired) electrons. The molecule has 1 saturated heterocycles. The zero-order valence-electron chi connectivity index (χ0n) is 14.6. The number of hydrogen-bond acceptors (Lipinski definition) is 3. The highest BCUT2D eigenvalue weighted by Gasteiger charge is 2.31. The minimum atomic E-state index is -0.0609. The first-order valence-electron chi connectivity index (χ1n) is 9.92. The summed E-state index contributed by atoms with van der Waals surface area (Å²) in [5, 5.41) is 3.23. The lowest BCUT2D eigenvalue weighted by atomic mass is 9.88. The van der Waals surface area contributed by atoms with Gasteiger partial charge in [-0.15, -0.1) is 0 Å². The van der Waals surface area contributed by atoms with Crippen LogP contribution in [-0.2, 0) is 9.53 Å². The van der Waals surface area contributed by atoms with Crippen molar-refractivity contribution in [2.75, 3.05) is 32.8 Å². The van der Waals surface area contributed by atoms with Gasteiger partial charge in [0.25, 0.3) is 0 Å². The summed E-state index contributed by atoms with van der Waals surface area (Å²) in [5.41, 5.74) is 0. The molecular formula is C19H34N2O2. The lowest BCUT2D eigenvalue weighted by molar-refractivity contribution is -0.133. The Kier molecular flexibility index (Phi) is 6.76. The largest absolute Gasteiger partial charge is 0.378 e. The van der Waals surface area contributed by atoms with E-state index in [1.165, 1.54) is 64.2 Å². The molecule has 3 rings (SSSR count). The first-order valence-corrected chi connectivity index (χ1v) is 9.92. The number of ether oxygens (including phenoxy) is 1. The van der Waals surface area contributed by atoms with Crippen molar-refractivity contribution in [3.05, 3.63) is 0 Å². The summed E-state index contributed by atoms with van der Waals surface area (Å²) < 4.78 is 5.61. The number of carbonyl (C=O) groups is 1. The smallest absolute Gasteiger partial charge is 0.239 e. The second-order valence-corrected chi connectivity index (χ2v) is 7.84. The molecule has 0 aromatic carbocycles. The van der Waals surface area contributed by atoms with E-state index in [1.807, 2.05) is 0 Å². The lowest BCUT2D eigenvalue weighted by Crippen LogP contribution is -2.55. The predicted molar refractivity (Wildman–Crippen MR) is 92.3 cm³/mol. The Labute approximate surface area is 141 Å². The van der Waals surface area contributed by atoms with Gasteiger partial charge in [-0.2, -0.15) is 0 Å². The highest BCUT2D eigenvalue weighted by Crippen LogP contribution is 2.26. The second kappa shape index (κ2) is 9.03. The van der Waals surface area contributed by atoms with Crippen LogP contribution in [0.15, 0.2) is 0 Å². The van der Waals surface area contributed by atoms with Crippen molar-refractivity contribution in [2.24, 2.45) is 11.8 Å². The quantitative estimate of drug-likeness (QED) is 0.846. The molecule has 1 amide bonds. The molecule has 1 aliphatic heterocycles. The summed E-state index contributed by atoms with van der Waals surface area (Å²) in [4.78, 5) is 15.1. The van der Waals surface area contributed by atoms with Crippen LogP contribution >= 0.6 is 0 Å². The summed E-state index contributed by atoms with van der Waals surface area (Å²) in [7, 11) is 0. The molecule has 1 N–H and O–H groups in total. The van der Waals surface area contributed by atoms with Gasteiger partial charge in [-0.1, -0.05) is 38.5 Å². The Morgan fingerprint density at radius 1 is 0.957 bits per heavy atom. The molecule has 4 nitrogen and oxygen atoms in total. The standard InChI is InChI=1S/C19H34N2O2/c22-19(20-13-16-7-3-1-4-8-16)18-15-23-12-11-21(18)14-17-9-5-2-6-10-17/h16-18H,1-15H2,(H,20,22)/t18-/m1/s1. The fourth-order valence-electron chi connectivity index (χ4n) is 4.55. The fourth-order valence-corrected chi connectivity index (χ4v) is 4.55. The number of morpholine rings is 1. The molecule has 2 saturated carbocycles. The van der Waals surface area contributed by atoms with Gasteiger partial charge in [0, 0.05) is 19.6 Å². The van der Waals surface area contributed by atoms with E-state index in [9.17, 15) is 4.79 Å². The highest BCUT2D eigenvalue weighted by molar-refractivity contribution is 5.82. The van der Waals surface area contributed by atoms with Crippen molar-refractivity contribution in [2.45, 2.75) is 70.3 Å². The van der Waals surface area contributed by atoms with Crippen molar-refractivity contribution in [3.8, 4) is 0 Å². The molecule has 0 unspecified atom stereocenters. The molecule has 0 spiro atoms. The van der Waals surface area contributed by atoms with Gasteiger partial charge in [0.05, 0.1) is 13.2 Å². The monoisotopic (exact) mass is 322 g/mol. The average Bonchev–Trinajstić information content (AvgIpc) is 2.62. The number of carbonyl (C=O) groups excluding carboxylic acids is 1. The molecule has 2 aliphatic carbocycles.